The molecule has 32 heavy (non-hydrogen) atoms. The fraction of sp³-hybridized carbons (Fsp3) is 0.360. The second-order valence-electron chi connectivity index (χ2n) is 8.06. The summed E-state index contributed by atoms with van der Waals surface area (Å²) in [4.78, 5) is 26.9. The Balaban J connectivity index is 1.70. The van der Waals surface area contributed by atoms with E-state index in [-0.39, 0.29) is 17.6 Å². The van der Waals surface area contributed by atoms with Crippen LogP contribution in [0.5, 0.6) is 5.75 Å². The van der Waals surface area contributed by atoms with Crippen molar-refractivity contribution in [2.24, 2.45) is 5.92 Å². The van der Waals surface area contributed by atoms with Crippen LogP contribution in [-0.4, -0.2) is 34.6 Å². The lowest BCUT2D eigenvalue weighted by Crippen LogP contribution is -2.33. The van der Waals surface area contributed by atoms with Gasteiger partial charge in [0, 0.05) is 36.2 Å². The second-order valence-corrected chi connectivity index (χ2v) is 8.06. The number of rotatable bonds is 7. The number of aromatic nitrogens is 1. The Kier molecular flexibility index (Phi) is 6.44. The normalized spacial score (nSPS) is 13.6. The number of hydrogen-bond acceptors (Lipinski definition) is 3. The molecule has 1 heterocycles. The summed E-state index contributed by atoms with van der Waals surface area (Å²) in [5.74, 6) is -0.0359. The first-order chi connectivity index (χ1) is 15.5. The topological polar surface area (TPSA) is 63.6 Å². The van der Waals surface area contributed by atoms with E-state index in [1.807, 2.05) is 36.7 Å². The van der Waals surface area contributed by atoms with E-state index in [0.29, 0.717) is 36.6 Å². The maximum Gasteiger partial charge on any atom is 0.415 e. The number of ether oxygens (including phenoxy) is 1. The highest BCUT2D eigenvalue weighted by molar-refractivity contribution is 6.05. The quantitative estimate of drug-likeness (QED) is 0.538. The molecule has 168 valence electrons. The fourth-order valence-corrected chi connectivity index (χ4v) is 3.95. The van der Waals surface area contributed by atoms with Crippen LogP contribution in [-0.2, 0) is 11.3 Å². The number of nitrogens with one attached hydrogen (secondary N) is 1. The van der Waals surface area contributed by atoms with Crippen molar-refractivity contribution in [3.8, 4) is 5.75 Å². The first-order valence-corrected chi connectivity index (χ1v) is 11.1. The number of halogens is 1. The van der Waals surface area contributed by atoms with Crippen LogP contribution in [0.4, 0.5) is 14.9 Å². The van der Waals surface area contributed by atoms with Gasteiger partial charge in [-0.3, -0.25) is 4.79 Å². The average molecular weight is 438 g/mol. The fourth-order valence-electron chi connectivity index (χ4n) is 3.95. The molecule has 1 aliphatic carbocycles. The third-order valence-corrected chi connectivity index (χ3v) is 6.16. The Morgan fingerprint density at radius 1 is 1.12 bits per heavy atom. The minimum Gasteiger partial charge on any atom is -0.408 e. The van der Waals surface area contributed by atoms with Gasteiger partial charge in [-0.15, -0.1) is 0 Å². The van der Waals surface area contributed by atoms with E-state index >= 15 is 0 Å². The zero-order valence-electron chi connectivity index (χ0n) is 18.4. The van der Waals surface area contributed by atoms with E-state index in [9.17, 15) is 14.0 Å². The van der Waals surface area contributed by atoms with E-state index in [4.69, 9.17) is 4.74 Å². The molecule has 1 saturated carbocycles. The SMILES string of the molecule is CCN(CC)C(=O)Oc1ccc2c(ccn2Cc2ccccc2F)c1NC(=O)C1CCC1. The number of hydrogen-bond donors (Lipinski definition) is 1. The average Bonchev–Trinajstić information content (AvgIpc) is 3.14. The van der Waals surface area contributed by atoms with Crippen molar-refractivity contribution in [3.63, 3.8) is 0 Å². The van der Waals surface area contributed by atoms with Gasteiger partial charge in [0.1, 0.15) is 5.82 Å². The minimum atomic E-state index is -0.459. The molecule has 7 heteroatoms. The van der Waals surface area contributed by atoms with Gasteiger partial charge < -0.3 is 19.5 Å². The molecule has 4 rings (SSSR count). The lowest BCUT2D eigenvalue weighted by atomic mass is 9.85. The molecule has 1 fully saturated rings. The van der Waals surface area contributed by atoms with Gasteiger partial charge in [-0.2, -0.15) is 0 Å². The Labute approximate surface area is 187 Å². The summed E-state index contributed by atoms with van der Waals surface area (Å²) >= 11 is 0. The molecule has 1 aliphatic rings. The molecule has 0 saturated heterocycles. The highest BCUT2D eigenvalue weighted by Crippen LogP contribution is 2.37. The Hall–Kier alpha value is -3.35. The molecule has 0 radical (unpaired) electrons. The van der Waals surface area contributed by atoms with Gasteiger partial charge in [-0.25, -0.2) is 9.18 Å². The van der Waals surface area contributed by atoms with Crippen LogP contribution in [0.2, 0.25) is 0 Å². The molecule has 0 aliphatic heterocycles. The van der Waals surface area contributed by atoms with Gasteiger partial charge in [0.2, 0.25) is 5.91 Å². The van der Waals surface area contributed by atoms with Crippen LogP contribution in [0.1, 0.15) is 38.7 Å². The lowest BCUT2D eigenvalue weighted by molar-refractivity contribution is -0.122. The standard InChI is InChI=1S/C25H28FN3O3/c1-3-28(4-2)25(31)32-22-13-12-21-19(23(22)27-24(30)17-9-7-10-17)14-15-29(21)16-18-8-5-6-11-20(18)26/h5-6,8,11-15,17H,3-4,7,9-10,16H2,1-2H3,(H,27,30). The van der Waals surface area contributed by atoms with E-state index in [1.54, 1.807) is 29.2 Å². The monoisotopic (exact) mass is 437 g/mol. The highest BCUT2D eigenvalue weighted by atomic mass is 19.1. The zero-order valence-corrected chi connectivity index (χ0v) is 18.4. The van der Waals surface area contributed by atoms with Crippen molar-refractivity contribution in [1.29, 1.82) is 0 Å². The number of carbonyl (C=O) groups excluding carboxylic acids is 2. The predicted octanol–water partition coefficient (Wildman–Crippen LogP) is 5.41. The van der Waals surface area contributed by atoms with Crippen LogP contribution in [0.3, 0.4) is 0 Å². The zero-order chi connectivity index (χ0) is 22.7. The van der Waals surface area contributed by atoms with E-state index in [1.165, 1.54) is 6.07 Å². The molecule has 1 aromatic heterocycles. The second kappa shape index (κ2) is 9.42. The molecule has 0 spiro atoms. The van der Waals surface area contributed by atoms with Crippen molar-refractivity contribution in [1.82, 2.24) is 9.47 Å². The van der Waals surface area contributed by atoms with E-state index in [2.05, 4.69) is 5.32 Å². The smallest absolute Gasteiger partial charge is 0.408 e. The minimum absolute atomic E-state index is 0.0166. The van der Waals surface area contributed by atoms with Crippen LogP contribution >= 0.6 is 0 Å². The number of fused-ring (bicyclic) bond motifs is 1. The number of anilines is 1. The van der Waals surface area contributed by atoms with Crippen LogP contribution < -0.4 is 10.1 Å². The molecule has 0 bridgehead atoms. The van der Waals surface area contributed by atoms with Crippen LogP contribution in [0.25, 0.3) is 10.9 Å². The lowest BCUT2D eigenvalue weighted by Gasteiger charge is -2.25. The van der Waals surface area contributed by atoms with E-state index < -0.39 is 6.09 Å². The summed E-state index contributed by atoms with van der Waals surface area (Å²) in [5, 5.41) is 3.75. The van der Waals surface area contributed by atoms with Gasteiger partial charge in [0.05, 0.1) is 17.7 Å². The number of benzene rings is 2. The maximum absolute atomic E-state index is 14.2. The summed E-state index contributed by atoms with van der Waals surface area (Å²) in [7, 11) is 0. The highest BCUT2D eigenvalue weighted by Gasteiger charge is 2.27. The van der Waals surface area contributed by atoms with Gasteiger partial charge >= 0.3 is 6.09 Å². The molecule has 2 amide bonds. The first kappa shape index (κ1) is 21.9. The van der Waals surface area contributed by atoms with E-state index in [0.717, 1.165) is 30.2 Å². The third kappa shape index (κ3) is 4.33. The molecular weight excluding hydrogens is 409 g/mol. The summed E-state index contributed by atoms with van der Waals surface area (Å²) in [6, 6.07) is 12.0. The molecule has 0 atom stereocenters. The molecule has 3 aromatic rings. The van der Waals surface area contributed by atoms with Crippen molar-refractivity contribution in [3.05, 3.63) is 60.0 Å². The van der Waals surface area contributed by atoms with Gasteiger partial charge in [0.25, 0.3) is 0 Å². The van der Waals surface area contributed by atoms with Gasteiger partial charge in [-0.05, 0) is 51.0 Å². The van der Waals surface area contributed by atoms with Crippen molar-refractivity contribution in [2.75, 3.05) is 18.4 Å². The third-order valence-electron chi connectivity index (χ3n) is 6.16. The molecular formula is C25H28FN3O3. The Bertz CT molecular complexity index is 1130. The van der Waals surface area contributed by atoms with Crippen molar-refractivity contribution < 1.29 is 18.7 Å². The molecule has 1 N–H and O–H groups in total. The van der Waals surface area contributed by atoms with Gasteiger partial charge in [0.15, 0.2) is 5.75 Å². The molecule has 0 unspecified atom stereocenters. The Morgan fingerprint density at radius 2 is 1.88 bits per heavy atom. The first-order valence-electron chi connectivity index (χ1n) is 11.1. The van der Waals surface area contributed by atoms with Crippen molar-refractivity contribution >= 4 is 28.6 Å². The number of amides is 2. The number of nitrogens with zero attached hydrogens (tertiary/aromatic N) is 2. The summed E-state index contributed by atoms with van der Waals surface area (Å²) in [5.41, 5.74) is 1.87. The van der Waals surface area contributed by atoms with Crippen LogP contribution in [0.15, 0.2) is 48.7 Å². The van der Waals surface area contributed by atoms with Crippen LogP contribution in [0, 0.1) is 11.7 Å². The van der Waals surface area contributed by atoms with Crippen molar-refractivity contribution in [2.45, 2.75) is 39.7 Å². The summed E-state index contributed by atoms with van der Waals surface area (Å²) < 4.78 is 21.8. The molecule has 2 aromatic carbocycles. The van der Waals surface area contributed by atoms with Gasteiger partial charge in [-0.1, -0.05) is 24.6 Å². The number of carbonyl (C=O) groups is 2. The largest absolute Gasteiger partial charge is 0.415 e. The maximum atomic E-state index is 14.2. The molecule has 6 nitrogen and oxygen atoms in total. The predicted molar refractivity (Wildman–Crippen MR) is 122 cm³/mol. The summed E-state index contributed by atoms with van der Waals surface area (Å²) in [6.07, 6.45) is 4.17. The summed E-state index contributed by atoms with van der Waals surface area (Å²) in [6.45, 7) is 5.18. The Morgan fingerprint density at radius 3 is 2.53 bits per heavy atom.